The lowest BCUT2D eigenvalue weighted by Gasteiger charge is -2.15. The molecule has 0 fully saturated rings. The molecule has 2 rings (SSSR count). The van der Waals surface area contributed by atoms with Crippen molar-refractivity contribution in [2.45, 2.75) is 41.5 Å². The fourth-order valence-electron chi connectivity index (χ4n) is 2.45. The van der Waals surface area contributed by atoms with Crippen LogP contribution in [0.4, 0.5) is 5.82 Å². The molecule has 0 atom stereocenters. The maximum Gasteiger partial charge on any atom is 0.133 e. The Hall–Kier alpha value is -1.90. The quantitative estimate of drug-likeness (QED) is 0.911. The summed E-state index contributed by atoms with van der Waals surface area (Å²) in [6, 6.07) is 4.46. The Bertz CT molecular complexity index is 645. The summed E-state index contributed by atoms with van der Waals surface area (Å²) in [4.78, 5) is 9.16. The predicted octanol–water partition coefficient (Wildman–Crippen LogP) is 4.12. The molecular weight excluding hydrogens is 246 g/mol. The van der Waals surface area contributed by atoms with E-state index >= 15 is 0 Å². The van der Waals surface area contributed by atoms with Gasteiger partial charge in [-0.2, -0.15) is 0 Å². The van der Waals surface area contributed by atoms with Crippen molar-refractivity contribution >= 4 is 5.82 Å². The molecule has 1 aromatic carbocycles. The van der Waals surface area contributed by atoms with E-state index in [1.807, 2.05) is 6.92 Å². The Kier molecular flexibility index (Phi) is 4.07. The Morgan fingerprint density at radius 3 is 2.20 bits per heavy atom. The fourth-order valence-corrected chi connectivity index (χ4v) is 2.45. The molecule has 0 aliphatic rings. The van der Waals surface area contributed by atoms with Gasteiger partial charge < -0.3 is 5.32 Å². The molecule has 3 nitrogen and oxygen atoms in total. The lowest BCUT2D eigenvalue weighted by molar-refractivity contribution is 1.02. The monoisotopic (exact) mass is 269 g/mol. The van der Waals surface area contributed by atoms with Gasteiger partial charge in [0.15, 0.2) is 0 Å². The fraction of sp³-hybridized carbons (Fsp3) is 0.412. The van der Waals surface area contributed by atoms with E-state index in [-0.39, 0.29) is 0 Å². The third-order valence-electron chi connectivity index (χ3n) is 3.70. The second-order valence-electron chi connectivity index (χ2n) is 5.37. The number of rotatable bonds is 3. The van der Waals surface area contributed by atoms with Crippen LogP contribution < -0.4 is 5.32 Å². The Morgan fingerprint density at radius 2 is 1.55 bits per heavy atom. The average Bonchev–Trinajstić information content (AvgIpc) is 2.38. The zero-order chi connectivity index (χ0) is 14.9. The van der Waals surface area contributed by atoms with E-state index in [1.165, 1.54) is 22.3 Å². The zero-order valence-electron chi connectivity index (χ0n) is 13.3. The first kappa shape index (κ1) is 14.5. The zero-order valence-corrected chi connectivity index (χ0v) is 13.3. The molecule has 1 heterocycles. The highest BCUT2D eigenvalue weighted by Crippen LogP contribution is 2.30. The van der Waals surface area contributed by atoms with Gasteiger partial charge in [0.05, 0.1) is 5.69 Å². The molecule has 1 aromatic heterocycles. The molecule has 0 radical (unpaired) electrons. The summed E-state index contributed by atoms with van der Waals surface area (Å²) in [7, 11) is 0. The minimum absolute atomic E-state index is 0.805. The summed E-state index contributed by atoms with van der Waals surface area (Å²) in [6.45, 7) is 13.4. The highest BCUT2D eigenvalue weighted by Gasteiger charge is 2.13. The minimum atomic E-state index is 0.805. The summed E-state index contributed by atoms with van der Waals surface area (Å²) in [5, 5.41) is 3.32. The third-order valence-corrected chi connectivity index (χ3v) is 3.70. The van der Waals surface area contributed by atoms with Crippen LogP contribution in [-0.4, -0.2) is 16.5 Å². The van der Waals surface area contributed by atoms with E-state index in [2.05, 4.69) is 62.0 Å². The molecule has 0 unspecified atom stereocenters. The van der Waals surface area contributed by atoms with E-state index in [9.17, 15) is 0 Å². The van der Waals surface area contributed by atoms with Gasteiger partial charge in [-0.05, 0) is 64.3 Å². The summed E-state index contributed by atoms with van der Waals surface area (Å²) in [5.41, 5.74) is 7.23. The van der Waals surface area contributed by atoms with Crippen LogP contribution in [0.2, 0.25) is 0 Å². The van der Waals surface area contributed by atoms with E-state index in [4.69, 9.17) is 0 Å². The molecule has 106 valence electrons. The smallest absolute Gasteiger partial charge is 0.133 e. The number of anilines is 1. The number of nitrogens with one attached hydrogen (secondary N) is 1. The second kappa shape index (κ2) is 5.61. The van der Waals surface area contributed by atoms with E-state index in [1.54, 1.807) is 0 Å². The first-order valence-corrected chi connectivity index (χ1v) is 7.11. The predicted molar refractivity (Wildman–Crippen MR) is 85.3 cm³/mol. The standard InChI is InChI=1S/C17H23N3/c1-7-18-17-13(5)16(19-14(6)20-17)15-9-11(3)10(2)8-12(15)4/h8-9H,7H2,1-6H3,(H,18,19,20). The molecular formula is C17H23N3. The average molecular weight is 269 g/mol. The minimum Gasteiger partial charge on any atom is -0.370 e. The van der Waals surface area contributed by atoms with Crippen LogP contribution >= 0.6 is 0 Å². The summed E-state index contributed by atoms with van der Waals surface area (Å²) in [6.07, 6.45) is 0. The number of aryl methyl sites for hydroxylation is 4. The van der Waals surface area contributed by atoms with Crippen molar-refractivity contribution < 1.29 is 0 Å². The van der Waals surface area contributed by atoms with Gasteiger partial charge in [-0.25, -0.2) is 9.97 Å². The van der Waals surface area contributed by atoms with Gasteiger partial charge in [0.1, 0.15) is 11.6 Å². The number of hydrogen-bond acceptors (Lipinski definition) is 3. The SMILES string of the molecule is CCNc1nc(C)nc(-c2cc(C)c(C)cc2C)c1C. The van der Waals surface area contributed by atoms with Gasteiger partial charge >= 0.3 is 0 Å². The van der Waals surface area contributed by atoms with E-state index in [0.29, 0.717) is 0 Å². The van der Waals surface area contributed by atoms with E-state index < -0.39 is 0 Å². The number of benzene rings is 1. The lowest BCUT2D eigenvalue weighted by atomic mass is 9.96. The normalized spacial score (nSPS) is 10.7. The van der Waals surface area contributed by atoms with Crippen LogP contribution in [0.15, 0.2) is 12.1 Å². The van der Waals surface area contributed by atoms with Crippen molar-refractivity contribution in [2.75, 3.05) is 11.9 Å². The number of aromatic nitrogens is 2. The Balaban J connectivity index is 2.66. The topological polar surface area (TPSA) is 37.8 Å². The molecule has 0 aliphatic heterocycles. The molecule has 0 saturated carbocycles. The van der Waals surface area contributed by atoms with Crippen molar-refractivity contribution in [2.24, 2.45) is 0 Å². The van der Waals surface area contributed by atoms with Crippen LogP contribution in [-0.2, 0) is 0 Å². The van der Waals surface area contributed by atoms with Crippen LogP contribution in [0.3, 0.4) is 0 Å². The lowest BCUT2D eigenvalue weighted by Crippen LogP contribution is -2.06. The van der Waals surface area contributed by atoms with Crippen LogP contribution in [0.5, 0.6) is 0 Å². The molecule has 0 amide bonds. The van der Waals surface area contributed by atoms with Crippen molar-refractivity contribution in [3.05, 3.63) is 40.2 Å². The third kappa shape index (κ3) is 2.67. The molecule has 0 aliphatic carbocycles. The first-order chi connectivity index (χ1) is 9.43. The first-order valence-electron chi connectivity index (χ1n) is 7.11. The van der Waals surface area contributed by atoms with Crippen molar-refractivity contribution in [3.8, 4) is 11.3 Å². The van der Waals surface area contributed by atoms with Gasteiger partial charge in [-0.1, -0.05) is 6.07 Å². The van der Waals surface area contributed by atoms with E-state index in [0.717, 1.165) is 29.4 Å². The maximum atomic E-state index is 4.67. The summed E-state index contributed by atoms with van der Waals surface area (Å²) in [5.74, 6) is 1.74. The second-order valence-corrected chi connectivity index (χ2v) is 5.37. The maximum absolute atomic E-state index is 4.67. The Morgan fingerprint density at radius 1 is 0.900 bits per heavy atom. The largest absolute Gasteiger partial charge is 0.370 e. The van der Waals surface area contributed by atoms with Gasteiger partial charge in [0.25, 0.3) is 0 Å². The van der Waals surface area contributed by atoms with Crippen LogP contribution in [0, 0.1) is 34.6 Å². The van der Waals surface area contributed by atoms with Gasteiger partial charge in [-0.15, -0.1) is 0 Å². The molecule has 1 N–H and O–H groups in total. The molecule has 3 heteroatoms. The Labute approximate surface area is 121 Å². The van der Waals surface area contributed by atoms with Crippen LogP contribution in [0.25, 0.3) is 11.3 Å². The molecule has 0 bridgehead atoms. The molecule has 0 spiro atoms. The summed E-state index contributed by atoms with van der Waals surface area (Å²) < 4.78 is 0. The summed E-state index contributed by atoms with van der Waals surface area (Å²) >= 11 is 0. The van der Waals surface area contributed by atoms with Crippen molar-refractivity contribution in [1.29, 1.82) is 0 Å². The molecule has 2 aromatic rings. The number of nitrogens with zero attached hydrogens (tertiary/aromatic N) is 2. The van der Waals surface area contributed by atoms with Gasteiger partial charge in [0, 0.05) is 17.7 Å². The van der Waals surface area contributed by atoms with Gasteiger partial charge in [0.2, 0.25) is 0 Å². The molecule has 0 saturated heterocycles. The van der Waals surface area contributed by atoms with Crippen molar-refractivity contribution in [1.82, 2.24) is 9.97 Å². The van der Waals surface area contributed by atoms with Gasteiger partial charge in [-0.3, -0.25) is 0 Å². The number of hydrogen-bond donors (Lipinski definition) is 1. The highest BCUT2D eigenvalue weighted by atomic mass is 15.0. The van der Waals surface area contributed by atoms with Crippen LogP contribution in [0.1, 0.15) is 35.0 Å². The highest BCUT2D eigenvalue weighted by molar-refractivity contribution is 5.72. The molecule has 20 heavy (non-hydrogen) atoms. The van der Waals surface area contributed by atoms with Crippen molar-refractivity contribution in [3.63, 3.8) is 0 Å².